The summed E-state index contributed by atoms with van der Waals surface area (Å²) in [6, 6.07) is 0.526. The van der Waals surface area contributed by atoms with Crippen LogP contribution >= 0.6 is 0 Å². The molecular weight excluding hydrogens is 180 g/mol. The van der Waals surface area contributed by atoms with Crippen LogP contribution in [0.1, 0.15) is 32.1 Å². The summed E-state index contributed by atoms with van der Waals surface area (Å²) in [7, 11) is 3.16. The number of carbonyl (C=O) groups is 1. The zero-order valence-electron chi connectivity index (χ0n) is 9.08. The molecule has 0 aromatic heterocycles. The summed E-state index contributed by atoms with van der Waals surface area (Å²) < 4.78 is 0. The number of carbonyl (C=O) groups excluding carboxylic acids is 1. The molecule has 14 heavy (non-hydrogen) atoms. The van der Waals surface area contributed by atoms with E-state index >= 15 is 0 Å². The number of amides is 1. The molecule has 1 amide bonds. The van der Waals surface area contributed by atoms with Gasteiger partial charge in [0, 0.05) is 19.5 Å². The van der Waals surface area contributed by atoms with Crippen molar-refractivity contribution < 1.29 is 9.63 Å². The SMILES string of the molecule is CON(C)C(=O)CCC1CCCCN1. The molecule has 4 heteroatoms. The summed E-state index contributed by atoms with van der Waals surface area (Å²) in [5, 5.41) is 4.71. The molecule has 0 aliphatic carbocycles. The normalized spacial score (nSPS) is 22.0. The Balaban J connectivity index is 2.15. The first-order valence-corrected chi connectivity index (χ1v) is 5.28. The Morgan fingerprint density at radius 2 is 2.36 bits per heavy atom. The number of rotatable bonds is 4. The van der Waals surface area contributed by atoms with E-state index < -0.39 is 0 Å². The minimum atomic E-state index is 0.0554. The summed E-state index contributed by atoms with van der Waals surface area (Å²) in [5.41, 5.74) is 0. The van der Waals surface area contributed by atoms with Crippen LogP contribution in [0.4, 0.5) is 0 Å². The molecule has 1 aliphatic heterocycles. The Kier molecular flexibility index (Phi) is 4.90. The average Bonchev–Trinajstić information content (AvgIpc) is 2.26. The lowest BCUT2D eigenvalue weighted by Gasteiger charge is -2.23. The Morgan fingerprint density at radius 3 is 2.93 bits per heavy atom. The first-order valence-electron chi connectivity index (χ1n) is 5.28. The van der Waals surface area contributed by atoms with E-state index in [0.29, 0.717) is 12.5 Å². The number of nitrogens with one attached hydrogen (secondary N) is 1. The highest BCUT2D eigenvalue weighted by atomic mass is 16.7. The van der Waals surface area contributed by atoms with E-state index in [1.165, 1.54) is 31.4 Å². The van der Waals surface area contributed by atoms with Gasteiger partial charge in [0.2, 0.25) is 5.91 Å². The lowest BCUT2D eigenvalue weighted by atomic mass is 10.0. The van der Waals surface area contributed by atoms with Crippen LogP contribution < -0.4 is 5.32 Å². The number of nitrogens with zero attached hydrogens (tertiary/aromatic N) is 1. The maximum Gasteiger partial charge on any atom is 0.245 e. The van der Waals surface area contributed by atoms with Gasteiger partial charge >= 0.3 is 0 Å². The Bertz CT molecular complexity index is 179. The van der Waals surface area contributed by atoms with Crippen LogP contribution in [0.25, 0.3) is 0 Å². The topological polar surface area (TPSA) is 41.6 Å². The molecule has 1 aliphatic rings. The lowest BCUT2D eigenvalue weighted by molar-refractivity contribution is -0.168. The maximum absolute atomic E-state index is 11.4. The van der Waals surface area contributed by atoms with Crippen molar-refractivity contribution in [2.75, 3.05) is 20.7 Å². The van der Waals surface area contributed by atoms with Crippen LogP contribution in [0, 0.1) is 0 Å². The summed E-state index contributed by atoms with van der Waals surface area (Å²) in [6.07, 6.45) is 5.24. The second-order valence-corrected chi connectivity index (χ2v) is 3.76. The quantitative estimate of drug-likeness (QED) is 0.686. The van der Waals surface area contributed by atoms with Gasteiger partial charge in [-0.25, -0.2) is 5.06 Å². The zero-order valence-corrected chi connectivity index (χ0v) is 9.08. The van der Waals surface area contributed by atoms with Gasteiger partial charge in [0.25, 0.3) is 0 Å². The van der Waals surface area contributed by atoms with Crippen molar-refractivity contribution in [2.45, 2.75) is 38.1 Å². The molecular formula is C10H20N2O2. The standard InChI is InChI=1S/C10H20N2O2/c1-12(14-2)10(13)7-6-9-5-3-4-8-11-9/h9,11H,3-8H2,1-2H3. The van der Waals surface area contributed by atoms with Crippen molar-refractivity contribution in [1.82, 2.24) is 10.4 Å². The van der Waals surface area contributed by atoms with E-state index in [9.17, 15) is 4.79 Å². The van der Waals surface area contributed by atoms with Gasteiger partial charge in [0.1, 0.15) is 0 Å². The molecule has 0 bridgehead atoms. The zero-order chi connectivity index (χ0) is 10.4. The molecule has 1 unspecified atom stereocenters. The molecule has 4 nitrogen and oxygen atoms in total. The van der Waals surface area contributed by atoms with Gasteiger partial charge in [-0.2, -0.15) is 0 Å². The first-order chi connectivity index (χ1) is 6.74. The van der Waals surface area contributed by atoms with Gasteiger partial charge in [-0.05, 0) is 25.8 Å². The number of hydrogen-bond acceptors (Lipinski definition) is 3. The van der Waals surface area contributed by atoms with Crippen LogP contribution in [0.2, 0.25) is 0 Å². The van der Waals surface area contributed by atoms with Crippen molar-refractivity contribution in [2.24, 2.45) is 0 Å². The van der Waals surface area contributed by atoms with Gasteiger partial charge in [-0.15, -0.1) is 0 Å². The second-order valence-electron chi connectivity index (χ2n) is 3.76. The van der Waals surface area contributed by atoms with Gasteiger partial charge in [0.15, 0.2) is 0 Å². The van der Waals surface area contributed by atoms with Crippen molar-refractivity contribution in [3.63, 3.8) is 0 Å². The molecule has 0 radical (unpaired) electrons. The second kappa shape index (κ2) is 5.98. The van der Waals surface area contributed by atoms with E-state index in [2.05, 4.69) is 5.32 Å². The molecule has 82 valence electrons. The highest BCUT2D eigenvalue weighted by Gasteiger charge is 2.15. The Morgan fingerprint density at radius 1 is 1.57 bits per heavy atom. The van der Waals surface area contributed by atoms with Crippen LogP contribution in [-0.2, 0) is 9.63 Å². The molecule has 0 spiro atoms. The molecule has 1 saturated heterocycles. The monoisotopic (exact) mass is 200 g/mol. The molecule has 0 aromatic rings. The number of hydrogen-bond donors (Lipinski definition) is 1. The summed E-state index contributed by atoms with van der Waals surface area (Å²) in [6.45, 7) is 1.10. The smallest absolute Gasteiger partial charge is 0.245 e. The van der Waals surface area contributed by atoms with E-state index in [0.717, 1.165) is 13.0 Å². The molecule has 1 rings (SSSR count). The van der Waals surface area contributed by atoms with Crippen molar-refractivity contribution >= 4 is 5.91 Å². The average molecular weight is 200 g/mol. The van der Waals surface area contributed by atoms with Crippen LogP contribution in [0.15, 0.2) is 0 Å². The molecule has 1 N–H and O–H groups in total. The van der Waals surface area contributed by atoms with Crippen LogP contribution in [0.3, 0.4) is 0 Å². The highest BCUT2D eigenvalue weighted by Crippen LogP contribution is 2.12. The third-order valence-corrected chi connectivity index (χ3v) is 2.74. The van der Waals surface area contributed by atoms with E-state index in [-0.39, 0.29) is 5.91 Å². The van der Waals surface area contributed by atoms with Gasteiger partial charge in [-0.3, -0.25) is 9.63 Å². The summed E-state index contributed by atoms with van der Waals surface area (Å²) in [5.74, 6) is 0.0554. The van der Waals surface area contributed by atoms with Crippen molar-refractivity contribution in [1.29, 1.82) is 0 Å². The number of piperidine rings is 1. The molecule has 0 aromatic carbocycles. The molecule has 1 fully saturated rings. The third kappa shape index (κ3) is 3.64. The summed E-state index contributed by atoms with van der Waals surface area (Å²) >= 11 is 0. The predicted octanol–water partition coefficient (Wildman–Crippen LogP) is 0.928. The fourth-order valence-electron chi connectivity index (χ4n) is 1.73. The molecule has 1 atom stereocenters. The lowest BCUT2D eigenvalue weighted by Crippen LogP contribution is -2.35. The van der Waals surface area contributed by atoms with Crippen LogP contribution in [0.5, 0.6) is 0 Å². The van der Waals surface area contributed by atoms with Crippen molar-refractivity contribution in [3.05, 3.63) is 0 Å². The van der Waals surface area contributed by atoms with E-state index in [1.54, 1.807) is 7.05 Å². The van der Waals surface area contributed by atoms with Crippen LogP contribution in [-0.4, -0.2) is 37.7 Å². The largest absolute Gasteiger partial charge is 0.314 e. The Hall–Kier alpha value is -0.610. The number of hydroxylamine groups is 2. The fourth-order valence-corrected chi connectivity index (χ4v) is 1.73. The van der Waals surface area contributed by atoms with Gasteiger partial charge in [-0.1, -0.05) is 6.42 Å². The van der Waals surface area contributed by atoms with E-state index in [1.807, 2.05) is 0 Å². The fraction of sp³-hybridized carbons (Fsp3) is 0.900. The minimum absolute atomic E-state index is 0.0554. The van der Waals surface area contributed by atoms with E-state index in [4.69, 9.17) is 4.84 Å². The predicted molar refractivity (Wildman–Crippen MR) is 54.7 cm³/mol. The summed E-state index contributed by atoms with van der Waals surface area (Å²) in [4.78, 5) is 16.2. The molecule has 0 saturated carbocycles. The Labute approximate surface area is 85.6 Å². The van der Waals surface area contributed by atoms with Gasteiger partial charge in [0.05, 0.1) is 7.11 Å². The minimum Gasteiger partial charge on any atom is -0.314 e. The third-order valence-electron chi connectivity index (χ3n) is 2.74. The van der Waals surface area contributed by atoms with Gasteiger partial charge < -0.3 is 5.32 Å². The maximum atomic E-state index is 11.4. The first kappa shape index (κ1) is 11.5. The van der Waals surface area contributed by atoms with Crippen molar-refractivity contribution in [3.8, 4) is 0 Å². The molecule has 1 heterocycles. The highest BCUT2D eigenvalue weighted by molar-refractivity contribution is 5.74.